The number of halogens is 1. The van der Waals surface area contributed by atoms with Gasteiger partial charge in [-0.1, -0.05) is 12.1 Å². The maximum Gasteiger partial charge on any atom is 0.120 e. The summed E-state index contributed by atoms with van der Waals surface area (Å²) in [5.74, 6) is 0.586. The van der Waals surface area contributed by atoms with E-state index in [2.05, 4.69) is 34.0 Å². The number of nitrogens with zero attached hydrogens (tertiary/aromatic N) is 1. The number of aliphatic hydroxyl groups excluding tert-OH is 1. The van der Waals surface area contributed by atoms with Crippen molar-refractivity contribution < 1.29 is 9.84 Å². The lowest BCUT2D eigenvalue weighted by atomic mass is 10.2. The summed E-state index contributed by atoms with van der Waals surface area (Å²) in [6.45, 7) is 0.573. The Balaban J connectivity index is 1.79. The van der Waals surface area contributed by atoms with E-state index in [1.807, 2.05) is 24.3 Å². The van der Waals surface area contributed by atoms with Crippen molar-refractivity contribution in [2.75, 3.05) is 18.5 Å². The van der Waals surface area contributed by atoms with Gasteiger partial charge in [-0.2, -0.15) is 5.26 Å². The zero-order valence-corrected chi connectivity index (χ0v) is 13.4. The number of rotatable bonds is 6. The van der Waals surface area contributed by atoms with Gasteiger partial charge in [0.1, 0.15) is 18.5 Å². The average molecular weight is 394 g/mol. The molecule has 1 unspecified atom stereocenters. The van der Waals surface area contributed by atoms with Crippen LogP contribution in [-0.4, -0.2) is 24.4 Å². The lowest BCUT2D eigenvalue weighted by Gasteiger charge is -2.14. The highest BCUT2D eigenvalue weighted by atomic mass is 127. The zero-order chi connectivity index (χ0) is 15.1. The summed E-state index contributed by atoms with van der Waals surface area (Å²) < 4.78 is 6.62. The van der Waals surface area contributed by atoms with Crippen molar-refractivity contribution in [1.82, 2.24) is 0 Å². The SMILES string of the molecule is N#Cc1cccc(OCC(O)CNc2cccc(I)c2)c1. The summed E-state index contributed by atoms with van der Waals surface area (Å²) in [4.78, 5) is 0. The van der Waals surface area contributed by atoms with Crippen LogP contribution in [0.25, 0.3) is 0 Å². The van der Waals surface area contributed by atoms with E-state index in [4.69, 9.17) is 10.00 Å². The van der Waals surface area contributed by atoms with Crippen LogP contribution in [0.2, 0.25) is 0 Å². The zero-order valence-electron chi connectivity index (χ0n) is 11.3. The molecule has 21 heavy (non-hydrogen) atoms. The lowest BCUT2D eigenvalue weighted by molar-refractivity contribution is 0.117. The van der Waals surface area contributed by atoms with Crippen molar-refractivity contribution in [3.8, 4) is 11.8 Å². The molecule has 4 nitrogen and oxygen atoms in total. The Hall–Kier alpha value is -1.78. The first kappa shape index (κ1) is 15.6. The van der Waals surface area contributed by atoms with Crippen LogP contribution >= 0.6 is 22.6 Å². The highest BCUT2D eigenvalue weighted by molar-refractivity contribution is 14.1. The van der Waals surface area contributed by atoms with E-state index in [1.54, 1.807) is 24.3 Å². The molecule has 0 heterocycles. The molecule has 0 amide bonds. The number of hydrogen-bond donors (Lipinski definition) is 2. The van der Waals surface area contributed by atoms with Gasteiger partial charge in [-0.25, -0.2) is 0 Å². The van der Waals surface area contributed by atoms with Gasteiger partial charge in [-0.15, -0.1) is 0 Å². The molecule has 0 fully saturated rings. The molecule has 0 aromatic heterocycles. The quantitative estimate of drug-likeness (QED) is 0.740. The molecule has 2 aromatic rings. The largest absolute Gasteiger partial charge is 0.491 e. The third-order valence-corrected chi connectivity index (χ3v) is 3.44. The van der Waals surface area contributed by atoms with Gasteiger partial charge >= 0.3 is 0 Å². The van der Waals surface area contributed by atoms with Crippen LogP contribution in [-0.2, 0) is 0 Å². The summed E-state index contributed by atoms with van der Waals surface area (Å²) in [6, 6.07) is 16.9. The first-order valence-corrected chi connectivity index (χ1v) is 7.56. The van der Waals surface area contributed by atoms with Gasteiger partial charge in [0.15, 0.2) is 0 Å². The van der Waals surface area contributed by atoms with E-state index in [-0.39, 0.29) is 6.61 Å². The number of nitriles is 1. The van der Waals surface area contributed by atoms with Crippen LogP contribution in [0.5, 0.6) is 5.75 Å². The average Bonchev–Trinajstić information content (AvgIpc) is 2.51. The maximum atomic E-state index is 9.91. The summed E-state index contributed by atoms with van der Waals surface area (Å²) in [6.07, 6.45) is -0.631. The van der Waals surface area contributed by atoms with Gasteiger partial charge in [0.2, 0.25) is 0 Å². The summed E-state index contributed by atoms with van der Waals surface area (Å²) >= 11 is 2.24. The molecule has 1 atom stereocenters. The minimum Gasteiger partial charge on any atom is -0.491 e. The third-order valence-electron chi connectivity index (χ3n) is 2.77. The van der Waals surface area contributed by atoms with E-state index in [1.165, 1.54) is 0 Å². The van der Waals surface area contributed by atoms with Crippen LogP contribution in [0.3, 0.4) is 0 Å². The molecule has 0 aliphatic heterocycles. The van der Waals surface area contributed by atoms with E-state index >= 15 is 0 Å². The van der Waals surface area contributed by atoms with Crippen LogP contribution in [0.1, 0.15) is 5.56 Å². The summed E-state index contributed by atoms with van der Waals surface area (Å²) in [5, 5.41) is 21.9. The predicted octanol–water partition coefficient (Wildman–Crippen LogP) is 3.01. The number of nitrogens with one attached hydrogen (secondary N) is 1. The van der Waals surface area contributed by atoms with Crippen molar-refractivity contribution in [3.63, 3.8) is 0 Å². The van der Waals surface area contributed by atoms with Crippen LogP contribution < -0.4 is 10.1 Å². The topological polar surface area (TPSA) is 65.3 Å². The standard InChI is InChI=1S/C16H15IN2O2/c17-13-4-2-5-14(8-13)19-10-15(20)11-21-16-6-1-3-12(7-16)9-18/h1-8,15,19-20H,10-11H2. The fourth-order valence-corrected chi connectivity index (χ4v) is 2.28. The van der Waals surface area contributed by atoms with Gasteiger partial charge < -0.3 is 15.2 Å². The van der Waals surface area contributed by atoms with Gasteiger partial charge in [0.25, 0.3) is 0 Å². The molecule has 2 rings (SSSR count). The van der Waals surface area contributed by atoms with Crippen molar-refractivity contribution in [2.45, 2.75) is 6.10 Å². The molecular formula is C16H15IN2O2. The second-order valence-electron chi connectivity index (χ2n) is 4.50. The van der Waals surface area contributed by atoms with Crippen molar-refractivity contribution >= 4 is 28.3 Å². The second-order valence-corrected chi connectivity index (χ2v) is 5.74. The Morgan fingerprint density at radius 3 is 2.81 bits per heavy atom. The van der Waals surface area contributed by atoms with Crippen LogP contribution in [0, 0.1) is 14.9 Å². The number of aliphatic hydroxyl groups is 1. The number of benzene rings is 2. The highest BCUT2D eigenvalue weighted by Gasteiger charge is 2.06. The monoisotopic (exact) mass is 394 g/mol. The minimum absolute atomic E-state index is 0.172. The molecule has 0 aliphatic carbocycles. The molecule has 5 heteroatoms. The van der Waals surface area contributed by atoms with Crippen LogP contribution in [0.15, 0.2) is 48.5 Å². The van der Waals surface area contributed by atoms with E-state index in [9.17, 15) is 5.11 Å². The molecule has 108 valence electrons. The third kappa shape index (κ3) is 5.25. The van der Waals surface area contributed by atoms with Crippen LogP contribution in [0.4, 0.5) is 5.69 Å². The van der Waals surface area contributed by atoms with Crippen molar-refractivity contribution in [3.05, 3.63) is 57.7 Å². The Morgan fingerprint density at radius 1 is 1.24 bits per heavy atom. The summed E-state index contributed by atoms with van der Waals surface area (Å²) in [5.41, 5.74) is 1.51. The fraction of sp³-hybridized carbons (Fsp3) is 0.188. The van der Waals surface area contributed by atoms with Gasteiger partial charge in [-0.05, 0) is 59.0 Å². The smallest absolute Gasteiger partial charge is 0.120 e. The molecule has 2 aromatic carbocycles. The molecule has 0 spiro atoms. The fourth-order valence-electron chi connectivity index (χ4n) is 1.74. The predicted molar refractivity (Wildman–Crippen MR) is 90.3 cm³/mol. The molecule has 0 aliphatic rings. The van der Waals surface area contributed by atoms with Crippen molar-refractivity contribution in [2.24, 2.45) is 0 Å². The van der Waals surface area contributed by atoms with Gasteiger partial charge in [-0.3, -0.25) is 0 Å². The molecule has 0 bridgehead atoms. The van der Waals surface area contributed by atoms with E-state index in [0.717, 1.165) is 9.26 Å². The normalized spacial score (nSPS) is 11.5. The second kappa shape index (κ2) is 7.86. The van der Waals surface area contributed by atoms with Crippen molar-refractivity contribution in [1.29, 1.82) is 5.26 Å². The maximum absolute atomic E-state index is 9.91. The first-order valence-electron chi connectivity index (χ1n) is 6.48. The summed E-state index contributed by atoms with van der Waals surface area (Å²) in [7, 11) is 0. The molecular weight excluding hydrogens is 379 g/mol. The Kier molecular flexibility index (Phi) is 5.84. The first-order chi connectivity index (χ1) is 10.2. The highest BCUT2D eigenvalue weighted by Crippen LogP contribution is 2.14. The van der Waals surface area contributed by atoms with Gasteiger partial charge in [0, 0.05) is 15.8 Å². The number of hydrogen-bond acceptors (Lipinski definition) is 4. The number of ether oxygens (including phenoxy) is 1. The molecule has 0 saturated heterocycles. The molecule has 0 radical (unpaired) electrons. The Morgan fingerprint density at radius 2 is 2.05 bits per heavy atom. The van der Waals surface area contributed by atoms with Gasteiger partial charge in [0.05, 0.1) is 11.6 Å². The van der Waals surface area contributed by atoms with E-state index < -0.39 is 6.10 Å². The Bertz CT molecular complexity index is 640. The minimum atomic E-state index is -0.631. The molecule has 0 saturated carbocycles. The molecule has 2 N–H and O–H groups in total. The van der Waals surface area contributed by atoms with E-state index in [0.29, 0.717) is 17.9 Å². The Labute approximate surface area is 137 Å². The lowest BCUT2D eigenvalue weighted by Crippen LogP contribution is -2.26. The number of anilines is 1.